The van der Waals surface area contributed by atoms with Crippen LogP contribution in [0.1, 0.15) is 22.1 Å². The van der Waals surface area contributed by atoms with E-state index in [2.05, 4.69) is 10.3 Å². The first-order valence-corrected chi connectivity index (χ1v) is 15.1. The monoisotopic (exact) mass is 609 g/mol. The van der Waals surface area contributed by atoms with Gasteiger partial charge >= 0.3 is 0 Å². The second kappa shape index (κ2) is 12.7. The van der Waals surface area contributed by atoms with Crippen molar-refractivity contribution in [2.45, 2.75) is 11.8 Å². The van der Waals surface area contributed by atoms with E-state index in [1.54, 1.807) is 24.1 Å². The number of anilines is 1. The largest absolute Gasteiger partial charge is 0.496 e. The molecule has 3 heterocycles. The summed E-state index contributed by atoms with van der Waals surface area (Å²) in [7, 11) is 1.63. The zero-order valence-electron chi connectivity index (χ0n) is 23.3. The fourth-order valence-electron chi connectivity index (χ4n) is 5.14. The zero-order chi connectivity index (χ0) is 29.8. The smallest absolute Gasteiger partial charge is 0.240 e. The van der Waals surface area contributed by atoms with E-state index in [9.17, 15) is 9.59 Å². The van der Waals surface area contributed by atoms with E-state index in [0.29, 0.717) is 28.0 Å². The summed E-state index contributed by atoms with van der Waals surface area (Å²) < 4.78 is 7.47. The van der Waals surface area contributed by atoms with Gasteiger partial charge in [-0.15, -0.1) is 11.8 Å². The van der Waals surface area contributed by atoms with Crippen LogP contribution in [-0.2, 0) is 16.1 Å². The second-order valence-corrected chi connectivity index (χ2v) is 11.3. The lowest BCUT2D eigenvalue weighted by atomic mass is 9.99. The van der Waals surface area contributed by atoms with E-state index >= 15 is 0 Å². The highest BCUT2D eigenvalue weighted by Gasteiger charge is 2.38. The van der Waals surface area contributed by atoms with Crippen LogP contribution in [0.15, 0.2) is 103 Å². The van der Waals surface area contributed by atoms with Crippen LogP contribution < -0.4 is 15.0 Å². The number of para-hydroxylation sites is 2. The Bertz CT molecular complexity index is 1760. The maximum absolute atomic E-state index is 13.9. The van der Waals surface area contributed by atoms with Gasteiger partial charge < -0.3 is 10.1 Å². The topological polar surface area (TPSA) is 89.3 Å². The van der Waals surface area contributed by atoms with Crippen molar-refractivity contribution in [3.05, 3.63) is 125 Å². The van der Waals surface area contributed by atoms with Crippen molar-refractivity contribution in [2.24, 2.45) is 0 Å². The van der Waals surface area contributed by atoms with Gasteiger partial charge in [0.15, 0.2) is 0 Å². The third-order valence-corrected chi connectivity index (χ3v) is 8.69. The SMILES string of the molecule is COc1ccccc1[C@H]1SCC(=O)N(CC(=O)NCc2ccccn2)c2c1c(-c1ccccc1)nn2-c1ccccc1Cl. The summed E-state index contributed by atoms with van der Waals surface area (Å²) in [5, 5.41) is 8.14. The van der Waals surface area contributed by atoms with Crippen molar-refractivity contribution >= 4 is 41.0 Å². The van der Waals surface area contributed by atoms with E-state index in [4.69, 9.17) is 21.4 Å². The van der Waals surface area contributed by atoms with E-state index in [1.807, 2.05) is 91.0 Å². The number of carbonyl (C=O) groups excluding carboxylic acids is 2. The molecule has 0 aliphatic carbocycles. The van der Waals surface area contributed by atoms with Crippen LogP contribution in [0.4, 0.5) is 5.82 Å². The molecule has 1 aliphatic heterocycles. The van der Waals surface area contributed by atoms with Gasteiger partial charge in [0.1, 0.15) is 18.1 Å². The number of halogens is 1. The lowest BCUT2D eigenvalue weighted by Crippen LogP contribution is -2.42. The molecule has 1 N–H and O–H groups in total. The highest BCUT2D eigenvalue weighted by atomic mass is 35.5. The lowest BCUT2D eigenvalue weighted by molar-refractivity contribution is -0.123. The van der Waals surface area contributed by atoms with Crippen LogP contribution in [0, 0.1) is 0 Å². The van der Waals surface area contributed by atoms with E-state index in [-0.39, 0.29) is 35.9 Å². The number of thioether (sulfide) groups is 1. The minimum Gasteiger partial charge on any atom is -0.496 e. The molecule has 0 bridgehead atoms. The van der Waals surface area contributed by atoms with Crippen molar-refractivity contribution in [3.8, 4) is 22.7 Å². The number of ether oxygens (including phenoxy) is 1. The van der Waals surface area contributed by atoms with Crippen LogP contribution in [0.25, 0.3) is 16.9 Å². The van der Waals surface area contributed by atoms with Gasteiger partial charge in [0, 0.05) is 22.9 Å². The molecule has 1 aliphatic rings. The molecule has 6 rings (SSSR count). The number of methoxy groups -OCH3 is 1. The van der Waals surface area contributed by atoms with Crippen molar-refractivity contribution in [1.82, 2.24) is 20.1 Å². The number of fused-ring (bicyclic) bond motifs is 1. The van der Waals surface area contributed by atoms with Gasteiger partial charge in [0.25, 0.3) is 0 Å². The summed E-state index contributed by atoms with van der Waals surface area (Å²) in [6.07, 6.45) is 1.68. The van der Waals surface area contributed by atoms with Crippen LogP contribution in [0.5, 0.6) is 5.75 Å². The quantitative estimate of drug-likeness (QED) is 0.229. The fraction of sp³-hybridized carbons (Fsp3) is 0.152. The van der Waals surface area contributed by atoms with Crippen LogP contribution in [-0.4, -0.2) is 46.0 Å². The van der Waals surface area contributed by atoms with Crippen LogP contribution in [0.2, 0.25) is 5.02 Å². The molecule has 0 radical (unpaired) electrons. The molecular formula is C33H28ClN5O3S. The molecule has 216 valence electrons. The molecule has 0 fully saturated rings. The molecule has 0 saturated carbocycles. The van der Waals surface area contributed by atoms with E-state index in [0.717, 1.165) is 22.4 Å². The Kier molecular flexibility index (Phi) is 8.44. The lowest BCUT2D eigenvalue weighted by Gasteiger charge is -2.24. The third-order valence-electron chi connectivity index (χ3n) is 7.13. The van der Waals surface area contributed by atoms with Gasteiger partial charge in [-0.3, -0.25) is 19.5 Å². The highest BCUT2D eigenvalue weighted by molar-refractivity contribution is 8.00. The van der Waals surface area contributed by atoms with Crippen LogP contribution >= 0.6 is 23.4 Å². The summed E-state index contributed by atoms with van der Waals surface area (Å²) in [5.74, 6) is 0.792. The maximum Gasteiger partial charge on any atom is 0.240 e. The Morgan fingerprint density at radius 2 is 1.74 bits per heavy atom. The van der Waals surface area contributed by atoms with Crippen molar-refractivity contribution < 1.29 is 14.3 Å². The van der Waals surface area contributed by atoms with Gasteiger partial charge in [-0.05, 0) is 30.3 Å². The average Bonchev–Trinajstić information content (AvgIpc) is 3.37. The molecule has 0 saturated heterocycles. The molecule has 0 unspecified atom stereocenters. The second-order valence-electron chi connectivity index (χ2n) is 9.83. The van der Waals surface area contributed by atoms with E-state index in [1.165, 1.54) is 16.7 Å². The number of benzene rings is 3. The molecule has 43 heavy (non-hydrogen) atoms. The van der Waals surface area contributed by atoms with Crippen molar-refractivity contribution in [2.75, 3.05) is 24.3 Å². The van der Waals surface area contributed by atoms with Gasteiger partial charge in [-0.1, -0.05) is 78.3 Å². The van der Waals surface area contributed by atoms with E-state index < -0.39 is 0 Å². The van der Waals surface area contributed by atoms with Gasteiger partial charge in [-0.2, -0.15) is 5.10 Å². The minimum absolute atomic E-state index is 0.141. The number of nitrogens with one attached hydrogen (secondary N) is 1. The molecule has 2 amide bonds. The molecule has 10 heteroatoms. The summed E-state index contributed by atoms with van der Waals surface area (Å²) in [4.78, 5) is 33.1. The first kappa shape index (κ1) is 28.5. The summed E-state index contributed by atoms with van der Waals surface area (Å²) in [6.45, 7) is 0.0361. The molecule has 0 spiro atoms. The third kappa shape index (κ3) is 5.86. The first-order chi connectivity index (χ1) is 21.0. The van der Waals surface area contributed by atoms with Crippen molar-refractivity contribution in [3.63, 3.8) is 0 Å². The van der Waals surface area contributed by atoms with Gasteiger partial charge in [0.05, 0.1) is 46.8 Å². The Morgan fingerprint density at radius 1 is 1.00 bits per heavy atom. The Morgan fingerprint density at radius 3 is 2.51 bits per heavy atom. The van der Waals surface area contributed by atoms with Gasteiger partial charge in [-0.25, -0.2) is 4.68 Å². The Balaban J connectivity index is 1.55. The standard InChI is InChI=1S/C33H28ClN5O3S/c1-42-27-17-8-5-14-24(27)32-30-31(22-11-3-2-4-12-22)37-39(26-16-7-6-15-25(26)34)33(30)38(29(41)21-43-32)20-28(40)36-19-23-13-9-10-18-35-23/h2-18,32H,19-21H2,1H3,(H,36,40)/t32-/m1/s1. The number of hydrogen-bond donors (Lipinski definition) is 1. The predicted octanol–water partition coefficient (Wildman–Crippen LogP) is 6.08. The normalized spacial score (nSPS) is 14.6. The number of amides is 2. The molecule has 5 aromatic rings. The highest BCUT2D eigenvalue weighted by Crippen LogP contribution is 2.50. The first-order valence-electron chi connectivity index (χ1n) is 13.7. The van der Waals surface area contributed by atoms with Crippen LogP contribution in [0.3, 0.4) is 0 Å². The summed E-state index contributed by atoms with van der Waals surface area (Å²) in [5.41, 5.74) is 4.58. The number of hydrogen-bond acceptors (Lipinski definition) is 6. The number of rotatable bonds is 8. The molecule has 8 nitrogen and oxygen atoms in total. The summed E-state index contributed by atoms with van der Waals surface area (Å²) >= 11 is 8.21. The molecule has 3 aromatic carbocycles. The summed E-state index contributed by atoms with van der Waals surface area (Å²) in [6, 6.07) is 30.5. The molecule has 1 atom stereocenters. The molecule has 2 aromatic heterocycles. The number of carbonyl (C=O) groups is 2. The van der Waals surface area contributed by atoms with Gasteiger partial charge in [0.2, 0.25) is 11.8 Å². The average molecular weight is 610 g/mol. The number of aromatic nitrogens is 3. The number of pyridine rings is 1. The molecular weight excluding hydrogens is 582 g/mol. The Hall–Kier alpha value is -4.60. The minimum atomic E-state index is -0.330. The zero-order valence-corrected chi connectivity index (χ0v) is 24.9. The maximum atomic E-state index is 13.9. The Labute approximate surface area is 258 Å². The fourth-order valence-corrected chi connectivity index (χ4v) is 6.58. The van der Waals surface area contributed by atoms with Crippen molar-refractivity contribution in [1.29, 1.82) is 0 Å². The number of nitrogens with zero attached hydrogens (tertiary/aromatic N) is 4. The predicted molar refractivity (Wildman–Crippen MR) is 170 cm³/mol.